The summed E-state index contributed by atoms with van der Waals surface area (Å²) >= 11 is 2.19. The summed E-state index contributed by atoms with van der Waals surface area (Å²) in [5.41, 5.74) is 1.81. The fourth-order valence-electron chi connectivity index (χ4n) is 3.38. The topological polar surface area (TPSA) is 94.2 Å². The van der Waals surface area contributed by atoms with Crippen LogP contribution in [0.5, 0.6) is 17.2 Å². The zero-order chi connectivity index (χ0) is 25.6. The van der Waals surface area contributed by atoms with E-state index in [0.29, 0.717) is 29.5 Å². The van der Waals surface area contributed by atoms with Gasteiger partial charge in [-0.2, -0.15) is 0 Å². The number of anilines is 2. The number of nitrogens with zero attached hydrogens (tertiary/aromatic N) is 1. The van der Waals surface area contributed by atoms with Crippen LogP contribution >= 0.6 is 22.6 Å². The van der Waals surface area contributed by atoms with E-state index >= 15 is 0 Å². The molecule has 1 N–H and O–H groups in total. The fraction of sp³-hybridized carbons (Fsp3) is 0.240. The van der Waals surface area contributed by atoms with Crippen molar-refractivity contribution in [2.45, 2.75) is 18.7 Å². The van der Waals surface area contributed by atoms with E-state index in [1.165, 1.54) is 32.4 Å². The van der Waals surface area contributed by atoms with Gasteiger partial charge < -0.3 is 19.5 Å². The third-order valence-corrected chi connectivity index (χ3v) is 7.57. The van der Waals surface area contributed by atoms with Crippen molar-refractivity contribution < 1.29 is 27.4 Å². The number of methoxy groups -OCH3 is 2. The summed E-state index contributed by atoms with van der Waals surface area (Å²) in [6.07, 6.45) is 0. The molecule has 0 unspecified atom stereocenters. The van der Waals surface area contributed by atoms with E-state index in [1.807, 2.05) is 26.0 Å². The summed E-state index contributed by atoms with van der Waals surface area (Å²) in [6.45, 7) is 3.78. The van der Waals surface area contributed by atoms with E-state index < -0.39 is 22.5 Å². The van der Waals surface area contributed by atoms with Crippen molar-refractivity contribution in [3.63, 3.8) is 0 Å². The summed E-state index contributed by atoms with van der Waals surface area (Å²) in [5.74, 6) is 0.774. The molecule has 10 heteroatoms. The van der Waals surface area contributed by atoms with Crippen LogP contribution in [0, 0.1) is 10.5 Å². The minimum Gasteiger partial charge on any atom is -0.494 e. The van der Waals surface area contributed by atoms with Crippen molar-refractivity contribution in [3.8, 4) is 17.2 Å². The molecule has 0 spiro atoms. The van der Waals surface area contributed by atoms with Crippen molar-refractivity contribution in [1.82, 2.24) is 0 Å². The van der Waals surface area contributed by atoms with Crippen LogP contribution in [-0.2, 0) is 14.8 Å². The predicted octanol–water partition coefficient (Wildman–Crippen LogP) is 4.85. The Labute approximate surface area is 219 Å². The van der Waals surface area contributed by atoms with Crippen LogP contribution in [0.4, 0.5) is 11.4 Å². The molecule has 0 saturated heterocycles. The number of hydrogen-bond acceptors (Lipinski definition) is 6. The van der Waals surface area contributed by atoms with Crippen LogP contribution in [0.2, 0.25) is 0 Å². The highest BCUT2D eigenvalue weighted by Gasteiger charge is 2.28. The van der Waals surface area contributed by atoms with Gasteiger partial charge in [0.15, 0.2) is 11.5 Å². The molecule has 3 aromatic carbocycles. The van der Waals surface area contributed by atoms with Gasteiger partial charge >= 0.3 is 0 Å². The number of carbonyl (C=O) groups is 1. The van der Waals surface area contributed by atoms with Gasteiger partial charge in [-0.05, 0) is 96.6 Å². The molecule has 0 saturated carbocycles. The molecule has 0 radical (unpaired) electrons. The summed E-state index contributed by atoms with van der Waals surface area (Å²) in [5, 5.41) is 2.82. The molecular weight excluding hydrogens is 583 g/mol. The Bertz CT molecular complexity index is 1300. The molecule has 3 aromatic rings. The number of aryl methyl sites for hydroxylation is 1. The van der Waals surface area contributed by atoms with E-state index in [9.17, 15) is 13.2 Å². The highest BCUT2D eigenvalue weighted by Crippen LogP contribution is 2.32. The van der Waals surface area contributed by atoms with Crippen LogP contribution in [0.25, 0.3) is 0 Å². The number of rotatable bonds is 10. The van der Waals surface area contributed by atoms with Gasteiger partial charge in [-0.15, -0.1) is 0 Å². The first kappa shape index (κ1) is 26.6. The van der Waals surface area contributed by atoms with Gasteiger partial charge in [-0.1, -0.05) is 0 Å². The molecular formula is C25H27IN2O6S. The minimum absolute atomic E-state index is 0.0396. The molecule has 0 aliphatic carbocycles. The van der Waals surface area contributed by atoms with Crippen LogP contribution < -0.4 is 23.8 Å². The molecule has 0 heterocycles. The zero-order valence-corrected chi connectivity index (χ0v) is 22.8. The first-order valence-electron chi connectivity index (χ1n) is 10.7. The second kappa shape index (κ2) is 11.6. The molecule has 186 valence electrons. The predicted molar refractivity (Wildman–Crippen MR) is 144 cm³/mol. The van der Waals surface area contributed by atoms with Crippen LogP contribution in [0.15, 0.2) is 65.6 Å². The third-order valence-electron chi connectivity index (χ3n) is 5.13. The second-order valence-corrected chi connectivity index (χ2v) is 10.6. The third kappa shape index (κ3) is 6.37. The average Bonchev–Trinajstić information content (AvgIpc) is 2.84. The maximum absolute atomic E-state index is 13.7. The highest BCUT2D eigenvalue weighted by atomic mass is 127. The first-order chi connectivity index (χ1) is 16.7. The van der Waals surface area contributed by atoms with Crippen molar-refractivity contribution in [2.24, 2.45) is 0 Å². The number of nitrogens with one attached hydrogen (secondary N) is 1. The van der Waals surface area contributed by atoms with Gasteiger partial charge in [0.05, 0.1) is 31.4 Å². The SMILES string of the molecule is CCOc1ccc(N(CC(=O)Nc2ccc(I)cc2C)S(=O)(=O)c2ccc(OC)c(OC)c2)cc1. The average molecular weight is 610 g/mol. The van der Waals surface area contributed by atoms with Gasteiger partial charge in [0.25, 0.3) is 10.0 Å². The van der Waals surface area contributed by atoms with Crippen LogP contribution in [0.3, 0.4) is 0 Å². The number of amides is 1. The number of benzene rings is 3. The number of ether oxygens (including phenoxy) is 3. The molecule has 0 aromatic heterocycles. The maximum atomic E-state index is 13.7. The van der Waals surface area contributed by atoms with Gasteiger partial charge in [-0.25, -0.2) is 8.42 Å². The van der Waals surface area contributed by atoms with Crippen LogP contribution in [-0.4, -0.2) is 41.7 Å². The quantitative estimate of drug-likeness (QED) is 0.330. The van der Waals surface area contributed by atoms with E-state index in [1.54, 1.807) is 30.3 Å². The molecule has 3 rings (SSSR count). The molecule has 1 amide bonds. The molecule has 0 bridgehead atoms. The van der Waals surface area contributed by atoms with E-state index in [2.05, 4.69) is 27.9 Å². The summed E-state index contributed by atoms with van der Waals surface area (Å²) in [4.78, 5) is 13.0. The second-order valence-electron chi connectivity index (χ2n) is 7.46. The monoisotopic (exact) mass is 610 g/mol. The number of hydrogen-bond donors (Lipinski definition) is 1. The normalized spacial score (nSPS) is 11.0. The van der Waals surface area contributed by atoms with Crippen molar-refractivity contribution in [2.75, 3.05) is 37.0 Å². The Morgan fingerprint density at radius 2 is 1.66 bits per heavy atom. The lowest BCUT2D eigenvalue weighted by molar-refractivity contribution is -0.114. The highest BCUT2D eigenvalue weighted by molar-refractivity contribution is 14.1. The smallest absolute Gasteiger partial charge is 0.264 e. The lowest BCUT2D eigenvalue weighted by Gasteiger charge is -2.25. The van der Waals surface area contributed by atoms with Gasteiger partial charge in [0.2, 0.25) is 5.91 Å². The Hall–Kier alpha value is -2.99. The molecule has 0 fully saturated rings. The molecule has 35 heavy (non-hydrogen) atoms. The van der Waals surface area contributed by atoms with Gasteiger partial charge in [-0.3, -0.25) is 9.10 Å². The Morgan fingerprint density at radius 3 is 2.26 bits per heavy atom. The number of carbonyl (C=O) groups excluding carboxylic acids is 1. The van der Waals surface area contributed by atoms with E-state index in [0.717, 1.165) is 13.4 Å². The lowest BCUT2D eigenvalue weighted by atomic mass is 10.2. The van der Waals surface area contributed by atoms with Gasteiger partial charge in [0, 0.05) is 15.3 Å². The fourth-order valence-corrected chi connectivity index (χ4v) is 5.47. The molecule has 0 atom stereocenters. The zero-order valence-electron chi connectivity index (χ0n) is 19.9. The molecule has 0 aliphatic heterocycles. The Morgan fingerprint density at radius 1 is 0.971 bits per heavy atom. The lowest BCUT2D eigenvalue weighted by Crippen LogP contribution is -2.38. The maximum Gasteiger partial charge on any atom is 0.264 e. The Kier molecular flexibility index (Phi) is 8.84. The Balaban J connectivity index is 1.99. The molecule has 8 nitrogen and oxygen atoms in total. The summed E-state index contributed by atoms with van der Waals surface area (Å²) < 4.78 is 45.5. The van der Waals surface area contributed by atoms with E-state index in [4.69, 9.17) is 14.2 Å². The minimum atomic E-state index is -4.15. The molecule has 0 aliphatic rings. The number of sulfonamides is 1. The van der Waals surface area contributed by atoms with Crippen molar-refractivity contribution in [1.29, 1.82) is 0 Å². The van der Waals surface area contributed by atoms with Crippen molar-refractivity contribution >= 4 is 49.9 Å². The number of halogens is 1. The van der Waals surface area contributed by atoms with Crippen molar-refractivity contribution in [3.05, 3.63) is 69.8 Å². The van der Waals surface area contributed by atoms with Crippen LogP contribution in [0.1, 0.15) is 12.5 Å². The van der Waals surface area contributed by atoms with E-state index in [-0.39, 0.29) is 10.6 Å². The largest absolute Gasteiger partial charge is 0.494 e. The first-order valence-corrected chi connectivity index (χ1v) is 13.2. The standard InChI is InChI=1S/C25H27IN2O6S/c1-5-34-20-9-7-19(8-10-20)28(16-25(29)27-22-12-6-18(26)14-17(22)2)35(30,31)21-11-13-23(32-3)24(15-21)33-4/h6-15H,5,16H2,1-4H3,(H,27,29). The summed E-state index contributed by atoms with van der Waals surface area (Å²) in [6, 6.07) is 16.4. The van der Waals surface area contributed by atoms with Gasteiger partial charge in [0.1, 0.15) is 12.3 Å². The summed E-state index contributed by atoms with van der Waals surface area (Å²) in [7, 11) is -1.25.